The first kappa shape index (κ1) is 13.8. The SMILES string of the molecule is CC(NC(=O)c1cn[nH]c1)c1ccc(C#CCO)cc1. The topological polar surface area (TPSA) is 78.0 Å². The zero-order valence-electron chi connectivity index (χ0n) is 11.1. The van der Waals surface area contributed by atoms with Crippen LogP contribution in [-0.2, 0) is 0 Å². The van der Waals surface area contributed by atoms with Crippen LogP contribution in [-0.4, -0.2) is 27.8 Å². The van der Waals surface area contributed by atoms with E-state index in [-0.39, 0.29) is 18.6 Å². The molecule has 0 saturated carbocycles. The maximum atomic E-state index is 11.9. The summed E-state index contributed by atoms with van der Waals surface area (Å²) >= 11 is 0. The summed E-state index contributed by atoms with van der Waals surface area (Å²) in [5, 5.41) is 17.9. The molecule has 20 heavy (non-hydrogen) atoms. The summed E-state index contributed by atoms with van der Waals surface area (Å²) in [6, 6.07) is 7.41. The number of H-pyrrole nitrogens is 1. The standard InChI is InChI=1S/C15H15N3O2/c1-11(18-15(20)14-9-16-17-10-14)13-6-4-12(5-7-13)3-2-8-19/h4-7,9-11,19H,8H2,1H3,(H,16,17)(H,18,20). The second kappa shape index (κ2) is 6.55. The molecule has 0 aliphatic heterocycles. The molecule has 0 aliphatic rings. The molecule has 5 nitrogen and oxygen atoms in total. The molecule has 0 spiro atoms. The number of hydrogen-bond acceptors (Lipinski definition) is 3. The molecular weight excluding hydrogens is 254 g/mol. The number of nitrogens with one attached hydrogen (secondary N) is 2. The molecule has 1 aromatic heterocycles. The van der Waals surface area contributed by atoms with Gasteiger partial charge in [0.15, 0.2) is 0 Å². The summed E-state index contributed by atoms with van der Waals surface area (Å²) in [4.78, 5) is 11.9. The Morgan fingerprint density at radius 1 is 1.45 bits per heavy atom. The number of aliphatic hydroxyl groups is 1. The number of aromatic amines is 1. The van der Waals surface area contributed by atoms with Crippen LogP contribution in [0.25, 0.3) is 0 Å². The number of aliphatic hydroxyl groups excluding tert-OH is 1. The zero-order valence-corrected chi connectivity index (χ0v) is 11.1. The van der Waals surface area contributed by atoms with Crippen LogP contribution >= 0.6 is 0 Å². The maximum Gasteiger partial charge on any atom is 0.254 e. The van der Waals surface area contributed by atoms with E-state index in [1.807, 2.05) is 31.2 Å². The van der Waals surface area contributed by atoms with Crippen LogP contribution in [0.2, 0.25) is 0 Å². The normalized spacial score (nSPS) is 11.3. The lowest BCUT2D eigenvalue weighted by Gasteiger charge is -2.13. The molecule has 2 aromatic rings. The lowest BCUT2D eigenvalue weighted by molar-refractivity contribution is 0.0940. The number of rotatable bonds is 3. The Morgan fingerprint density at radius 3 is 2.80 bits per heavy atom. The molecule has 102 valence electrons. The minimum absolute atomic E-state index is 0.114. The van der Waals surface area contributed by atoms with Crippen molar-refractivity contribution < 1.29 is 9.90 Å². The second-order valence-electron chi connectivity index (χ2n) is 4.26. The van der Waals surface area contributed by atoms with Gasteiger partial charge < -0.3 is 10.4 Å². The van der Waals surface area contributed by atoms with E-state index in [2.05, 4.69) is 27.4 Å². The van der Waals surface area contributed by atoms with Crippen LogP contribution in [0.4, 0.5) is 0 Å². The van der Waals surface area contributed by atoms with Gasteiger partial charge in [-0.3, -0.25) is 9.89 Å². The van der Waals surface area contributed by atoms with E-state index in [4.69, 9.17) is 5.11 Å². The highest BCUT2D eigenvalue weighted by Crippen LogP contribution is 2.13. The Bertz CT molecular complexity index is 621. The fraction of sp³-hybridized carbons (Fsp3) is 0.200. The first-order chi connectivity index (χ1) is 9.70. The summed E-state index contributed by atoms with van der Waals surface area (Å²) in [5.41, 5.74) is 2.31. The van der Waals surface area contributed by atoms with Gasteiger partial charge in [-0.2, -0.15) is 5.10 Å². The molecular formula is C15H15N3O2. The zero-order chi connectivity index (χ0) is 14.4. The molecule has 0 saturated heterocycles. The molecule has 3 N–H and O–H groups in total. The van der Waals surface area contributed by atoms with E-state index in [9.17, 15) is 4.79 Å². The quantitative estimate of drug-likeness (QED) is 0.734. The van der Waals surface area contributed by atoms with Gasteiger partial charge in [-0.25, -0.2) is 0 Å². The van der Waals surface area contributed by atoms with Crippen molar-refractivity contribution in [3.63, 3.8) is 0 Å². The van der Waals surface area contributed by atoms with Gasteiger partial charge in [0.05, 0.1) is 17.8 Å². The van der Waals surface area contributed by atoms with Crippen molar-refractivity contribution in [2.45, 2.75) is 13.0 Å². The highest BCUT2D eigenvalue weighted by Gasteiger charge is 2.11. The van der Waals surface area contributed by atoms with Crippen LogP contribution in [0.5, 0.6) is 0 Å². The highest BCUT2D eigenvalue weighted by atomic mass is 16.2. The first-order valence-corrected chi connectivity index (χ1v) is 6.20. The van der Waals surface area contributed by atoms with Crippen molar-refractivity contribution in [3.05, 3.63) is 53.3 Å². The van der Waals surface area contributed by atoms with Gasteiger partial charge in [0.2, 0.25) is 0 Å². The number of aromatic nitrogens is 2. The Morgan fingerprint density at radius 2 is 2.20 bits per heavy atom. The molecule has 5 heteroatoms. The van der Waals surface area contributed by atoms with E-state index in [1.54, 1.807) is 6.20 Å². The second-order valence-corrected chi connectivity index (χ2v) is 4.26. The van der Waals surface area contributed by atoms with E-state index in [0.717, 1.165) is 11.1 Å². The number of hydrogen-bond donors (Lipinski definition) is 3. The van der Waals surface area contributed by atoms with E-state index < -0.39 is 0 Å². The van der Waals surface area contributed by atoms with Crippen molar-refractivity contribution in [1.82, 2.24) is 15.5 Å². The van der Waals surface area contributed by atoms with Gasteiger partial charge >= 0.3 is 0 Å². The number of carbonyl (C=O) groups is 1. The van der Waals surface area contributed by atoms with Gasteiger partial charge in [-0.15, -0.1) is 0 Å². The largest absolute Gasteiger partial charge is 0.384 e. The van der Waals surface area contributed by atoms with Gasteiger partial charge in [0, 0.05) is 11.8 Å². The molecule has 0 fully saturated rings. The third-order valence-corrected chi connectivity index (χ3v) is 2.83. The van der Waals surface area contributed by atoms with Gasteiger partial charge in [-0.05, 0) is 24.6 Å². The summed E-state index contributed by atoms with van der Waals surface area (Å²) < 4.78 is 0. The molecule has 1 atom stereocenters. The van der Waals surface area contributed by atoms with Crippen molar-refractivity contribution in [3.8, 4) is 11.8 Å². The predicted octanol–water partition coefficient (Wildman–Crippen LogP) is 1.24. The van der Waals surface area contributed by atoms with Gasteiger partial charge in [0.1, 0.15) is 6.61 Å². The lowest BCUT2D eigenvalue weighted by Crippen LogP contribution is -2.26. The van der Waals surface area contributed by atoms with Crippen molar-refractivity contribution in [1.29, 1.82) is 0 Å². The minimum Gasteiger partial charge on any atom is -0.384 e. The van der Waals surface area contributed by atoms with Crippen LogP contribution in [0, 0.1) is 11.8 Å². The Balaban J connectivity index is 2.02. The Kier molecular flexibility index (Phi) is 4.53. The third-order valence-electron chi connectivity index (χ3n) is 2.83. The van der Waals surface area contributed by atoms with Crippen molar-refractivity contribution in [2.75, 3.05) is 6.61 Å². The fourth-order valence-corrected chi connectivity index (χ4v) is 1.74. The van der Waals surface area contributed by atoms with Gasteiger partial charge in [0.25, 0.3) is 5.91 Å². The molecule has 0 aliphatic carbocycles. The molecule has 1 aromatic carbocycles. The molecule has 0 bridgehead atoms. The van der Waals surface area contributed by atoms with Crippen LogP contribution in [0.1, 0.15) is 34.5 Å². The third kappa shape index (κ3) is 3.46. The van der Waals surface area contributed by atoms with Crippen LogP contribution in [0.3, 0.4) is 0 Å². The average Bonchev–Trinajstić information content (AvgIpc) is 3.00. The smallest absolute Gasteiger partial charge is 0.254 e. The molecule has 2 rings (SSSR count). The average molecular weight is 269 g/mol. The van der Waals surface area contributed by atoms with Gasteiger partial charge in [-0.1, -0.05) is 24.0 Å². The number of carbonyl (C=O) groups excluding carboxylic acids is 1. The predicted molar refractivity (Wildman–Crippen MR) is 74.9 cm³/mol. The first-order valence-electron chi connectivity index (χ1n) is 6.20. The summed E-state index contributed by atoms with van der Waals surface area (Å²) in [6.07, 6.45) is 3.03. The summed E-state index contributed by atoms with van der Waals surface area (Å²) in [6.45, 7) is 1.76. The fourth-order valence-electron chi connectivity index (χ4n) is 1.74. The maximum absolute atomic E-state index is 11.9. The number of nitrogens with zero attached hydrogens (tertiary/aromatic N) is 1. The van der Waals surface area contributed by atoms with E-state index in [0.29, 0.717) is 5.56 Å². The number of amides is 1. The molecule has 0 radical (unpaired) electrons. The van der Waals surface area contributed by atoms with E-state index in [1.165, 1.54) is 6.20 Å². The van der Waals surface area contributed by atoms with E-state index >= 15 is 0 Å². The Labute approximate surface area is 117 Å². The highest BCUT2D eigenvalue weighted by molar-refractivity contribution is 5.93. The molecule has 1 heterocycles. The van der Waals surface area contributed by atoms with Crippen LogP contribution in [0.15, 0.2) is 36.7 Å². The monoisotopic (exact) mass is 269 g/mol. The summed E-state index contributed by atoms with van der Waals surface area (Å²) in [7, 11) is 0. The summed E-state index contributed by atoms with van der Waals surface area (Å²) in [5.74, 6) is 5.24. The molecule has 1 amide bonds. The minimum atomic E-state index is -0.171. The lowest BCUT2D eigenvalue weighted by atomic mass is 10.1. The Hall–Kier alpha value is -2.58. The van der Waals surface area contributed by atoms with Crippen LogP contribution < -0.4 is 5.32 Å². The number of benzene rings is 1. The van der Waals surface area contributed by atoms with Crippen molar-refractivity contribution >= 4 is 5.91 Å². The molecule has 1 unspecified atom stereocenters. The van der Waals surface area contributed by atoms with Crippen molar-refractivity contribution in [2.24, 2.45) is 0 Å².